The molecule has 0 aromatic heterocycles. The van der Waals surface area contributed by atoms with Crippen LogP contribution in [0.2, 0.25) is 5.02 Å². The van der Waals surface area contributed by atoms with Crippen LogP contribution in [0.15, 0.2) is 47.4 Å². The molecular formula is C16H18ClNO4S. The quantitative estimate of drug-likeness (QED) is 0.862. The van der Waals surface area contributed by atoms with Crippen LogP contribution in [0.4, 0.5) is 0 Å². The van der Waals surface area contributed by atoms with E-state index in [1.54, 1.807) is 6.92 Å². The van der Waals surface area contributed by atoms with Crippen molar-refractivity contribution in [1.29, 1.82) is 0 Å². The van der Waals surface area contributed by atoms with Gasteiger partial charge in [0.05, 0.1) is 19.2 Å². The average molecular weight is 356 g/mol. The summed E-state index contributed by atoms with van der Waals surface area (Å²) in [7, 11) is -1.01. The smallest absolute Gasteiger partial charge is 0.244 e. The molecule has 23 heavy (non-hydrogen) atoms. The summed E-state index contributed by atoms with van der Waals surface area (Å²) < 4.78 is 38.2. The molecule has 0 radical (unpaired) electrons. The zero-order chi connectivity index (χ0) is 17.0. The van der Waals surface area contributed by atoms with Gasteiger partial charge in [-0.15, -0.1) is 0 Å². The van der Waals surface area contributed by atoms with Crippen molar-refractivity contribution in [2.24, 2.45) is 0 Å². The molecule has 1 atom stereocenters. The first-order valence-corrected chi connectivity index (χ1v) is 8.74. The van der Waals surface area contributed by atoms with E-state index in [0.29, 0.717) is 0 Å². The zero-order valence-corrected chi connectivity index (χ0v) is 14.6. The molecule has 2 aromatic carbocycles. The Labute approximate surface area is 141 Å². The number of methoxy groups -OCH3 is 2. The summed E-state index contributed by atoms with van der Waals surface area (Å²) in [5, 5.41) is 0.277. The first-order chi connectivity index (χ1) is 10.9. The standard InChI is InChI=1S/C16H18ClNO4S/c1-11(12-7-5-4-6-8-12)18-23(19,20)16-10-14(21-2)13(17)9-15(16)22-3/h4-11,18H,1-3H3/t11-/m1/s1. The lowest BCUT2D eigenvalue weighted by Gasteiger charge is -2.17. The molecule has 7 heteroatoms. The predicted molar refractivity (Wildman–Crippen MR) is 89.7 cm³/mol. The molecule has 0 heterocycles. The SMILES string of the molecule is COc1cc(S(=O)(=O)N[C@H](C)c2ccccc2)c(OC)cc1Cl. The van der Waals surface area contributed by atoms with Gasteiger partial charge in [-0.2, -0.15) is 0 Å². The van der Waals surface area contributed by atoms with Crippen molar-refractivity contribution in [3.8, 4) is 11.5 Å². The second-order valence-electron chi connectivity index (χ2n) is 4.89. The van der Waals surface area contributed by atoms with Crippen molar-refractivity contribution in [1.82, 2.24) is 4.72 Å². The number of rotatable bonds is 6. The number of hydrogen-bond acceptors (Lipinski definition) is 4. The maximum atomic E-state index is 12.7. The number of ether oxygens (including phenoxy) is 2. The summed E-state index contributed by atoms with van der Waals surface area (Å²) in [6.45, 7) is 1.77. The lowest BCUT2D eigenvalue weighted by molar-refractivity contribution is 0.392. The van der Waals surface area contributed by atoms with Crippen molar-refractivity contribution in [2.45, 2.75) is 17.9 Å². The van der Waals surface area contributed by atoms with E-state index in [-0.39, 0.29) is 21.4 Å². The number of sulfonamides is 1. The van der Waals surface area contributed by atoms with Crippen LogP contribution in [-0.4, -0.2) is 22.6 Å². The maximum Gasteiger partial charge on any atom is 0.244 e. The molecular weight excluding hydrogens is 338 g/mol. The maximum absolute atomic E-state index is 12.7. The van der Waals surface area contributed by atoms with Gasteiger partial charge in [-0.05, 0) is 12.5 Å². The van der Waals surface area contributed by atoms with Gasteiger partial charge in [0.25, 0.3) is 0 Å². The molecule has 1 N–H and O–H groups in total. The van der Waals surface area contributed by atoms with Gasteiger partial charge in [-0.25, -0.2) is 13.1 Å². The topological polar surface area (TPSA) is 64.6 Å². The van der Waals surface area contributed by atoms with Crippen LogP contribution in [-0.2, 0) is 10.0 Å². The van der Waals surface area contributed by atoms with E-state index < -0.39 is 16.1 Å². The second kappa shape index (κ2) is 7.21. The van der Waals surface area contributed by atoms with Crippen LogP contribution in [0, 0.1) is 0 Å². The average Bonchev–Trinajstić information content (AvgIpc) is 2.54. The highest BCUT2D eigenvalue weighted by molar-refractivity contribution is 7.89. The fraction of sp³-hybridized carbons (Fsp3) is 0.250. The molecule has 0 bridgehead atoms. The summed E-state index contributed by atoms with van der Waals surface area (Å²) in [4.78, 5) is -0.0240. The van der Waals surface area contributed by atoms with Gasteiger partial charge in [-0.1, -0.05) is 41.9 Å². The zero-order valence-electron chi connectivity index (χ0n) is 13.0. The Balaban J connectivity index is 2.39. The number of benzene rings is 2. The van der Waals surface area contributed by atoms with Crippen LogP contribution in [0.25, 0.3) is 0 Å². The molecule has 0 saturated carbocycles. The molecule has 0 fully saturated rings. The Hall–Kier alpha value is -1.76. The Kier molecular flexibility index (Phi) is 5.51. The van der Waals surface area contributed by atoms with E-state index in [1.807, 2.05) is 30.3 Å². The first kappa shape index (κ1) is 17.6. The fourth-order valence-electron chi connectivity index (χ4n) is 2.15. The van der Waals surface area contributed by atoms with Crippen LogP contribution >= 0.6 is 11.6 Å². The van der Waals surface area contributed by atoms with E-state index in [4.69, 9.17) is 21.1 Å². The van der Waals surface area contributed by atoms with Gasteiger partial charge in [-0.3, -0.25) is 0 Å². The molecule has 124 valence electrons. The summed E-state index contributed by atoms with van der Waals surface area (Å²) >= 11 is 6.01. The van der Waals surface area contributed by atoms with Crippen molar-refractivity contribution in [3.05, 3.63) is 53.1 Å². The molecule has 2 aromatic rings. The number of nitrogens with one attached hydrogen (secondary N) is 1. The van der Waals surface area contributed by atoms with Crippen molar-refractivity contribution < 1.29 is 17.9 Å². The highest BCUT2D eigenvalue weighted by atomic mass is 35.5. The Morgan fingerprint density at radius 2 is 1.65 bits per heavy atom. The lowest BCUT2D eigenvalue weighted by Crippen LogP contribution is -2.27. The molecule has 0 amide bonds. The fourth-order valence-corrected chi connectivity index (χ4v) is 3.78. The number of hydrogen-bond donors (Lipinski definition) is 1. The Morgan fingerprint density at radius 1 is 1.04 bits per heavy atom. The van der Waals surface area contributed by atoms with Crippen LogP contribution < -0.4 is 14.2 Å². The third-order valence-electron chi connectivity index (χ3n) is 3.36. The largest absolute Gasteiger partial charge is 0.495 e. The normalized spacial score (nSPS) is 12.7. The van der Waals surface area contributed by atoms with E-state index in [2.05, 4.69) is 4.72 Å². The molecule has 0 saturated heterocycles. The van der Waals surface area contributed by atoms with Crippen LogP contribution in [0.1, 0.15) is 18.5 Å². The lowest BCUT2D eigenvalue weighted by atomic mass is 10.1. The molecule has 0 aliphatic carbocycles. The van der Waals surface area contributed by atoms with Crippen molar-refractivity contribution in [3.63, 3.8) is 0 Å². The second-order valence-corrected chi connectivity index (χ2v) is 6.98. The molecule has 0 unspecified atom stereocenters. The van der Waals surface area contributed by atoms with E-state index >= 15 is 0 Å². The molecule has 2 rings (SSSR count). The molecule has 0 aliphatic heterocycles. The van der Waals surface area contributed by atoms with Crippen molar-refractivity contribution in [2.75, 3.05) is 14.2 Å². The number of halogens is 1. The summed E-state index contributed by atoms with van der Waals surface area (Å²) in [6, 6.07) is 11.7. The third-order valence-corrected chi connectivity index (χ3v) is 5.22. The third kappa shape index (κ3) is 3.96. The minimum atomic E-state index is -3.81. The summed E-state index contributed by atoms with van der Waals surface area (Å²) in [5.41, 5.74) is 0.857. The highest BCUT2D eigenvalue weighted by Gasteiger charge is 2.24. The Morgan fingerprint density at radius 3 is 2.22 bits per heavy atom. The first-order valence-electron chi connectivity index (χ1n) is 6.88. The van der Waals surface area contributed by atoms with Gasteiger partial charge in [0, 0.05) is 18.2 Å². The van der Waals surface area contributed by atoms with E-state index in [0.717, 1.165) is 5.56 Å². The summed E-state index contributed by atoms with van der Waals surface area (Å²) in [5.74, 6) is 0.420. The monoisotopic (exact) mass is 355 g/mol. The van der Waals surface area contributed by atoms with Crippen LogP contribution in [0.3, 0.4) is 0 Å². The molecule has 5 nitrogen and oxygen atoms in total. The van der Waals surface area contributed by atoms with Crippen LogP contribution in [0.5, 0.6) is 11.5 Å². The molecule has 0 spiro atoms. The molecule has 0 aliphatic rings. The highest BCUT2D eigenvalue weighted by Crippen LogP contribution is 2.35. The van der Waals surface area contributed by atoms with Gasteiger partial charge in [0.1, 0.15) is 16.4 Å². The van der Waals surface area contributed by atoms with Gasteiger partial charge in [0.15, 0.2) is 0 Å². The van der Waals surface area contributed by atoms with Gasteiger partial charge < -0.3 is 9.47 Å². The van der Waals surface area contributed by atoms with Crippen molar-refractivity contribution >= 4 is 21.6 Å². The minimum absolute atomic E-state index is 0.0240. The Bertz CT molecular complexity index is 778. The minimum Gasteiger partial charge on any atom is -0.495 e. The van der Waals surface area contributed by atoms with E-state index in [9.17, 15) is 8.42 Å². The van der Waals surface area contributed by atoms with E-state index in [1.165, 1.54) is 26.4 Å². The van der Waals surface area contributed by atoms with Gasteiger partial charge >= 0.3 is 0 Å². The predicted octanol–water partition coefficient (Wildman–Crippen LogP) is 3.40. The van der Waals surface area contributed by atoms with Gasteiger partial charge in [0.2, 0.25) is 10.0 Å². The summed E-state index contributed by atoms with van der Waals surface area (Å²) in [6.07, 6.45) is 0.